The fourth-order valence-corrected chi connectivity index (χ4v) is 8.47. The van der Waals surface area contributed by atoms with Crippen molar-refractivity contribution >= 4 is 0 Å². The molecule has 0 spiro atoms. The highest BCUT2D eigenvalue weighted by Crippen LogP contribution is 2.68. The van der Waals surface area contributed by atoms with Crippen LogP contribution >= 0.6 is 0 Å². The Morgan fingerprint density at radius 3 is 2.42 bits per heavy atom. The van der Waals surface area contributed by atoms with Gasteiger partial charge in [0.15, 0.2) is 0 Å². The molecule has 4 fully saturated rings. The predicted octanol–water partition coefficient (Wildman–Crippen LogP) is 7.47. The zero-order chi connectivity index (χ0) is 16.7. The van der Waals surface area contributed by atoms with Crippen LogP contribution in [0.4, 0.5) is 0 Å². The van der Waals surface area contributed by atoms with Crippen LogP contribution in [0.15, 0.2) is 0 Å². The number of unbranched alkanes of at least 4 members (excludes halogenated alkanes) is 1. The van der Waals surface area contributed by atoms with Gasteiger partial charge in [-0.1, -0.05) is 59.3 Å². The molecule has 24 heavy (non-hydrogen) atoms. The van der Waals surface area contributed by atoms with E-state index in [1.807, 2.05) is 0 Å². The average molecular weight is 331 g/mol. The monoisotopic (exact) mass is 330 g/mol. The normalized spacial score (nSPS) is 50.4. The standard InChI is InChI=1S/C24H42/c1-4-6-8-17-9-12-20-18(15-17)10-13-21-22(20)16-24(3)19(7-5-2)11-14-23(21)24/h17-23H,4-16H2,1-3H3. The largest absolute Gasteiger partial charge is 0.0654 e. The zero-order valence-electron chi connectivity index (χ0n) is 16.7. The number of hydrogen-bond donors (Lipinski definition) is 0. The molecule has 4 rings (SSSR count). The summed E-state index contributed by atoms with van der Waals surface area (Å²) in [5, 5.41) is 0. The first kappa shape index (κ1) is 17.4. The van der Waals surface area contributed by atoms with Crippen molar-refractivity contribution < 1.29 is 0 Å². The Morgan fingerprint density at radius 1 is 0.792 bits per heavy atom. The maximum absolute atomic E-state index is 2.73. The van der Waals surface area contributed by atoms with Crippen molar-refractivity contribution in [3.63, 3.8) is 0 Å². The molecular formula is C24H42. The lowest BCUT2D eigenvalue weighted by Gasteiger charge is -2.46. The van der Waals surface area contributed by atoms with E-state index >= 15 is 0 Å². The predicted molar refractivity (Wildman–Crippen MR) is 104 cm³/mol. The third-order valence-electron chi connectivity index (χ3n) is 9.52. The molecule has 138 valence electrons. The van der Waals surface area contributed by atoms with Gasteiger partial charge >= 0.3 is 0 Å². The highest BCUT2D eigenvalue weighted by molar-refractivity contribution is 5.09. The first-order valence-corrected chi connectivity index (χ1v) is 11.7. The number of fused-ring (bicyclic) bond motifs is 5. The van der Waals surface area contributed by atoms with E-state index in [0.29, 0.717) is 0 Å². The lowest BCUT2D eigenvalue weighted by Crippen LogP contribution is -2.37. The first-order chi connectivity index (χ1) is 11.7. The van der Waals surface area contributed by atoms with Gasteiger partial charge < -0.3 is 0 Å². The third-order valence-corrected chi connectivity index (χ3v) is 9.52. The van der Waals surface area contributed by atoms with Gasteiger partial charge in [-0.3, -0.25) is 0 Å². The van der Waals surface area contributed by atoms with E-state index in [1.165, 1.54) is 32.1 Å². The van der Waals surface area contributed by atoms with Crippen LogP contribution in [0.1, 0.15) is 104 Å². The molecule has 8 unspecified atom stereocenters. The van der Waals surface area contributed by atoms with Gasteiger partial charge in [-0.05, 0) is 91.8 Å². The van der Waals surface area contributed by atoms with Crippen molar-refractivity contribution in [2.45, 2.75) is 104 Å². The Morgan fingerprint density at radius 2 is 1.62 bits per heavy atom. The molecule has 0 amide bonds. The Bertz CT molecular complexity index is 426. The van der Waals surface area contributed by atoms with E-state index in [4.69, 9.17) is 0 Å². The van der Waals surface area contributed by atoms with Gasteiger partial charge in [0.25, 0.3) is 0 Å². The fraction of sp³-hybridized carbons (Fsp3) is 1.00. The SMILES string of the molecule is CCCCC1CCC2C(CCC3C2CC2(C)C(CCC)CCC32)C1. The van der Waals surface area contributed by atoms with Crippen LogP contribution in [-0.2, 0) is 0 Å². The van der Waals surface area contributed by atoms with E-state index < -0.39 is 0 Å². The molecule has 0 radical (unpaired) electrons. The van der Waals surface area contributed by atoms with E-state index in [-0.39, 0.29) is 0 Å². The summed E-state index contributed by atoms with van der Waals surface area (Å²) in [5.74, 6) is 7.78. The highest BCUT2D eigenvalue weighted by atomic mass is 14.6. The third kappa shape index (κ3) is 2.79. The second-order valence-corrected chi connectivity index (χ2v) is 10.5. The number of rotatable bonds is 5. The molecule has 0 aromatic heterocycles. The van der Waals surface area contributed by atoms with Gasteiger partial charge in [0.05, 0.1) is 0 Å². The van der Waals surface area contributed by atoms with Crippen LogP contribution in [0.5, 0.6) is 0 Å². The maximum Gasteiger partial charge on any atom is -0.0264 e. The van der Waals surface area contributed by atoms with E-state index in [0.717, 1.165) is 46.8 Å². The minimum Gasteiger partial charge on any atom is -0.0654 e. The van der Waals surface area contributed by atoms with E-state index in [2.05, 4.69) is 20.8 Å². The zero-order valence-corrected chi connectivity index (χ0v) is 16.7. The minimum atomic E-state index is 0.735. The van der Waals surface area contributed by atoms with Crippen molar-refractivity contribution in [1.29, 1.82) is 0 Å². The van der Waals surface area contributed by atoms with Crippen molar-refractivity contribution in [3.05, 3.63) is 0 Å². The molecule has 4 aliphatic carbocycles. The molecule has 0 nitrogen and oxygen atoms in total. The molecule has 0 heterocycles. The summed E-state index contributed by atoms with van der Waals surface area (Å²) in [5.41, 5.74) is 0.735. The molecule has 8 atom stereocenters. The van der Waals surface area contributed by atoms with Crippen LogP contribution in [0, 0.1) is 46.8 Å². The van der Waals surface area contributed by atoms with Crippen molar-refractivity contribution in [2.24, 2.45) is 46.8 Å². The Hall–Kier alpha value is 0. The van der Waals surface area contributed by atoms with Crippen molar-refractivity contribution in [1.82, 2.24) is 0 Å². The van der Waals surface area contributed by atoms with Crippen LogP contribution in [-0.4, -0.2) is 0 Å². The Labute approximate surface area is 151 Å². The molecule has 4 saturated carbocycles. The lowest BCUT2D eigenvalue weighted by atomic mass is 9.59. The summed E-state index contributed by atoms with van der Waals surface area (Å²) in [6.45, 7) is 7.50. The summed E-state index contributed by atoms with van der Waals surface area (Å²) in [6, 6.07) is 0. The number of hydrogen-bond acceptors (Lipinski definition) is 0. The van der Waals surface area contributed by atoms with E-state index in [9.17, 15) is 0 Å². The average Bonchev–Trinajstić information content (AvgIpc) is 3.05. The fourth-order valence-electron chi connectivity index (χ4n) is 8.47. The summed E-state index contributed by atoms with van der Waals surface area (Å²) < 4.78 is 0. The summed E-state index contributed by atoms with van der Waals surface area (Å²) in [7, 11) is 0. The van der Waals surface area contributed by atoms with Crippen LogP contribution < -0.4 is 0 Å². The summed E-state index contributed by atoms with van der Waals surface area (Å²) >= 11 is 0. The van der Waals surface area contributed by atoms with Crippen molar-refractivity contribution in [3.8, 4) is 0 Å². The summed E-state index contributed by atoms with van der Waals surface area (Å²) in [4.78, 5) is 0. The lowest BCUT2D eigenvalue weighted by molar-refractivity contribution is 0.0355. The molecule has 0 aromatic carbocycles. The molecule has 0 heteroatoms. The molecule has 0 saturated heterocycles. The smallest absolute Gasteiger partial charge is 0.0264 e. The van der Waals surface area contributed by atoms with Gasteiger partial charge in [-0.25, -0.2) is 0 Å². The Balaban J connectivity index is 1.44. The van der Waals surface area contributed by atoms with Crippen LogP contribution in [0.3, 0.4) is 0 Å². The highest BCUT2D eigenvalue weighted by Gasteiger charge is 2.60. The molecule has 0 bridgehead atoms. The quantitative estimate of drug-likeness (QED) is 0.490. The Kier molecular flexibility index (Phi) is 5.05. The van der Waals surface area contributed by atoms with Gasteiger partial charge in [0.2, 0.25) is 0 Å². The second-order valence-electron chi connectivity index (χ2n) is 10.5. The summed E-state index contributed by atoms with van der Waals surface area (Å²) in [6.07, 6.45) is 20.1. The van der Waals surface area contributed by atoms with Crippen LogP contribution in [0.2, 0.25) is 0 Å². The first-order valence-electron chi connectivity index (χ1n) is 11.7. The molecule has 0 aromatic rings. The molecular weight excluding hydrogens is 288 g/mol. The van der Waals surface area contributed by atoms with Gasteiger partial charge in [0, 0.05) is 0 Å². The van der Waals surface area contributed by atoms with E-state index in [1.54, 1.807) is 51.4 Å². The minimum absolute atomic E-state index is 0.735. The van der Waals surface area contributed by atoms with Gasteiger partial charge in [0.1, 0.15) is 0 Å². The van der Waals surface area contributed by atoms with Gasteiger partial charge in [-0.15, -0.1) is 0 Å². The topological polar surface area (TPSA) is 0 Å². The second kappa shape index (κ2) is 6.96. The van der Waals surface area contributed by atoms with Gasteiger partial charge in [-0.2, -0.15) is 0 Å². The maximum atomic E-state index is 2.73. The molecule has 0 N–H and O–H groups in total. The van der Waals surface area contributed by atoms with Crippen LogP contribution in [0.25, 0.3) is 0 Å². The van der Waals surface area contributed by atoms with Crippen molar-refractivity contribution in [2.75, 3.05) is 0 Å². The molecule has 4 aliphatic rings. The molecule has 0 aliphatic heterocycles.